The van der Waals surface area contributed by atoms with Gasteiger partial charge in [-0.2, -0.15) is 0 Å². The van der Waals surface area contributed by atoms with Crippen molar-refractivity contribution >= 4 is 17.3 Å². The van der Waals surface area contributed by atoms with Crippen molar-refractivity contribution in [2.24, 2.45) is 5.73 Å². The van der Waals surface area contributed by atoms with Gasteiger partial charge in [0, 0.05) is 44.6 Å². The molecule has 0 bridgehead atoms. The van der Waals surface area contributed by atoms with Crippen molar-refractivity contribution in [3.05, 3.63) is 28.8 Å². The Bertz CT molecular complexity index is 388. The molecule has 1 aromatic rings. The van der Waals surface area contributed by atoms with Crippen LogP contribution in [0.3, 0.4) is 0 Å². The van der Waals surface area contributed by atoms with Gasteiger partial charge in [0.2, 0.25) is 0 Å². The molecule has 0 aliphatic rings. The summed E-state index contributed by atoms with van der Waals surface area (Å²) >= 11 is 6.14. The van der Waals surface area contributed by atoms with Crippen LogP contribution in [0.15, 0.2) is 18.2 Å². The molecule has 0 radical (unpaired) electrons. The van der Waals surface area contributed by atoms with Crippen molar-refractivity contribution in [2.75, 3.05) is 52.0 Å². The molecule has 20 heavy (non-hydrogen) atoms. The molecule has 0 unspecified atom stereocenters. The Hall–Kier alpha value is -0.810. The van der Waals surface area contributed by atoms with Crippen molar-refractivity contribution in [3.63, 3.8) is 0 Å². The van der Waals surface area contributed by atoms with E-state index in [9.17, 15) is 0 Å². The molecule has 0 aliphatic carbocycles. The van der Waals surface area contributed by atoms with E-state index >= 15 is 0 Å². The summed E-state index contributed by atoms with van der Waals surface area (Å²) in [6.07, 6.45) is 1.81. The highest BCUT2D eigenvalue weighted by atomic mass is 35.5. The van der Waals surface area contributed by atoms with Gasteiger partial charge >= 0.3 is 0 Å². The molecule has 0 atom stereocenters. The molecule has 5 heteroatoms. The van der Waals surface area contributed by atoms with Crippen LogP contribution in [0.5, 0.6) is 0 Å². The third-order valence-electron chi connectivity index (χ3n) is 3.14. The molecule has 2 N–H and O–H groups in total. The minimum absolute atomic E-state index is 0.630. The number of nitrogens with zero attached hydrogens (tertiary/aromatic N) is 1. The van der Waals surface area contributed by atoms with E-state index in [0.717, 1.165) is 43.2 Å². The highest BCUT2D eigenvalue weighted by Gasteiger charge is 2.11. The Morgan fingerprint density at radius 2 is 1.90 bits per heavy atom. The monoisotopic (exact) mass is 300 g/mol. The summed E-state index contributed by atoms with van der Waals surface area (Å²) < 4.78 is 10.3. The number of anilines is 1. The van der Waals surface area contributed by atoms with Crippen LogP contribution in [0.25, 0.3) is 0 Å². The zero-order valence-corrected chi connectivity index (χ0v) is 13.2. The Kier molecular flexibility index (Phi) is 8.62. The molecule has 0 amide bonds. The molecular weight excluding hydrogens is 276 g/mol. The molecular formula is C15H25ClN2O2. The lowest BCUT2D eigenvalue weighted by Gasteiger charge is -2.27. The summed E-state index contributed by atoms with van der Waals surface area (Å²) in [6, 6.07) is 5.98. The Labute approximate surface area is 126 Å². The van der Waals surface area contributed by atoms with E-state index in [1.165, 1.54) is 5.56 Å². The van der Waals surface area contributed by atoms with Crippen molar-refractivity contribution in [2.45, 2.75) is 12.8 Å². The fourth-order valence-electron chi connectivity index (χ4n) is 2.15. The van der Waals surface area contributed by atoms with Crippen LogP contribution in [0.1, 0.15) is 12.0 Å². The number of ether oxygens (including phenoxy) is 2. The summed E-state index contributed by atoms with van der Waals surface area (Å²) in [5, 5.41) is 0.745. The number of methoxy groups -OCH3 is 2. The summed E-state index contributed by atoms with van der Waals surface area (Å²) in [5.74, 6) is 0. The van der Waals surface area contributed by atoms with Gasteiger partial charge in [-0.25, -0.2) is 0 Å². The molecule has 114 valence electrons. The topological polar surface area (TPSA) is 47.7 Å². The highest BCUT2D eigenvalue weighted by molar-refractivity contribution is 6.30. The van der Waals surface area contributed by atoms with Gasteiger partial charge in [-0.1, -0.05) is 17.7 Å². The van der Waals surface area contributed by atoms with E-state index in [2.05, 4.69) is 11.0 Å². The van der Waals surface area contributed by atoms with Gasteiger partial charge < -0.3 is 20.1 Å². The van der Waals surface area contributed by atoms with Gasteiger partial charge in [0.15, 0.2) is 0 Å². The number of nitrogens with two attached hydrogens (primary N) is 1. The molecule has 0 aromatic heterocycles. The maximum absolute atomic E-state index is 6.14. The molecule has 0 spiro atoms. The normalized spacial score (nSPS) is 10.8. The van der Waals surface area contributed by atoms with E-state index in [-0.39, 0.29) is 0 Å². The number of hydrogen-bond acceptors (Lipinski definition) is 4. The second-order valence-corrected chi connectivity index (χ2v) is 5.07. The Morgan fingerprint density at radius 3 is 2.55 bits per heavy atom. The maximum atomic E-state index is 6.14. The quantitative estimate of drug-likeness (QED) is 0.674. The molecule has 1 aromatic carbocycles. The number of rotatable bonds is 10. The molecule has 0 saturated heterocycles. The maximum Gasteiger partial charge on any atom is 0.0637 e. The van der Waals surface area contributed by atoms with Crippen LogP contribution < -0.4 is 10.6 Å². The first-order chi connectivity index (χ1) is 9.72. The van der Waals surface area contributed by atoms with Crippen molar-refractivity contribution in [1.29, 1.82) is 0 Å². The van der Waals surface area contributed by atoms with Crippen molar-refractivity contribution < 1.29 is 9.47 Å². The smallest absolute Gasteiger partial charge is 0.0637 e. The van der Waals surface area contributed by atoms with Gasteiger partial charge in [-0.15, -0.1) is 0 Å². The van der Waals surface area contributed by atoms with Gasteiger partial charge in [-0.3, -0.25) is 0 Å². The van der Waals surface area contributed by atoms with E-state index in [4.69, 9.17) is 26.8 Å². The lowest BCUT2D eigenvalue weighted by atomic mass is 10.1. The van der Waals surface area contributed by atoms with Gasteiger partial charge in [-0.05, 0) is 37.1 Å². The third kappa shape index (κ3) is 5.67. The average Bonchev–Trinajstić information content (AvgIpc) is 2.45. The molecule has 0 aliphatic heterocycles. The van der Waals surface area contributed by atoms with Gasteiger partial charge in [0.05, 0.1) is 6.61 Å². The number of benzene rings is 1. The van der Waals surface area contributed by atoms with Crippen LogP contribution in [-0.2, 0) is 15.9 Å². The van der Waals surface area contributed by atoms with Crippen LogP contribution in [0.2, 0.25) is 5.02 Å². The molecule has 0 saturated carbocycles. The molecule has 4 nitrogen and oxygen atoms in total. The van der Waals surface area contributed by atoms with E-state index < -0.39 is 0 Å². The van der Waals surface area contributed by atoms with E-state index in [1.807, 2.05) is 12.1 Å². The predicted molar refractivity (Wildman–Crippen MR) is 84.8 cm³/mol. The number of halogens is 1. The first-order valence-electron chi connectivity index (χ1n) is 6.94. The van der Waals surface area contributed by atoms with E-state index in [0.29, 0.717) is 13.2 Å². The minimum Gasteiger partial charge on any atom is -0.385 e. The summed E-state index contributed by atoms with van der Waals surface area (Å²) in [6.45, 7) is 3.80. The third-order valence-corrected chi connectivity index (χ3v) is 3.38. The largest absolute Gasteiger partial charge is 0.385 e. The van der Waals surface area contributed by atoms with Gasteiger partial charge in [0.1, 0.15) is 0 Å². The average molecular weight is 301 g/mol. The second-order valence-electron chi connectivity index (χ2n) is 4.64. The van der Waals surface area contributed by atoms with Crippen LogP contribution in [-0.4, -0.2) is 47.1 Å². The zero-order chi connectivity index (χ0) is 14.8. The zero-order valence-electron chi connectivity index (χ0n) is 12.4. The summed E-state index contributed by atoms with van der Waals surface area (Å²) in [7, 11) is 3.44. The molecule has 1 rings (SSSR count). The lowest BCUT2D eigenvalue weighted by Crippen LogP contribution is -2.30. The Morgan fingerprint density at radius 1 is 1.15 bits per heavy atom. The first kappa shape index (κ1) is 17.2. The Balaban J connectivity index is 2.88. The standard InChI is InChI=1S/C15H25ClN2O2/c1-19-10-3-8-18(9-11-20-2)15-12-14(16)5-4-13(15)6-7-17/h4-5,12H,3,6-11,17H2,1-2H3. The van der Waals surface area contributed by atoms with Crippen LogP contribution in [0, 0.1) is 0 Å². The van der Waals surface area contributed by atoms with E-state index in [1.54, 1.807) is 14.2 Å². The predicted octanol–water partition coefficient (Wildman–Crippen LogP) is 2.33. The van der Waals surface area contributed by atoms with Crippen molar-refractivity contribution in [3.8, 4) is 0 Å². The fraction of sp³-hybridized carbons (Fsp3) is 0.600. The second kappa shape index (κ2) is 10.00. The van der Waals surface area contributed by atoms with Crippen LogP contribution >= 0.6 is 11.6 Å². The van der Waals surface area contributed by atoms with Gasteiger partial charge in [0.25, 0.3) is 0 Å². The van der Waals surface area contributed by atoms with Crippen molar-refractivity contribution in [1.82, 2.24) is 0 Å². The summed E-state index contributed by atoms with van der Waals surface area (Å²) in [4.78, 5) is 2.29. The SMILES string of the molecule is COCCCN(CCOC)c1cc(Cl)ccc1CCN. The highest BCUT2D eigenvalue weighted by Crippen LogP contribution is 2.25. The first-order valence-corrected chi connectivity index (χ1v) is 7.32. The number of hydrogen-bond donors (Lipinski definition) is 1. The van der Waals surface area contributed by atoms with Crippen LogP contribution in [0.4, 0.5) is 5.69 Å². The minimum atomic E-state index is 0.630. The summed E-state index contributed by atoms with van der Waals surface area (Å²) in [5.41, 5.74) is 8.07. The molecule has 0 fully saturated rings. The molecule has 0 heterocycles. The lowest BCUT2D eigenvalue weighted by molar-refractivity contribution is 0.191. The fourth-order valence-corrected chi connectivity index (χ4v) is 2.32.